The van der Waals surface area contributed by atoms with Crippen molar-refractivity contribution in [3.63, 3.8) is 0 Å². The molecule has 0 aliphatic heterocycles. The van der Waals surface area contributed by atoms with Crippen molar-refractivity contribution in [3.8, 4) is 11.1 Å². The summed E-state index contributed by atoms with van der Waals surface area (Å²) in [5.74, 6) is 0. The Morgan fingerprint density at radius 3 is 2.58 bits per heavy atom. The number of hydrogen-bond donors (Lipinski definition) is 4. The number of aryl methyl sites for hydroxylation is 1. The minimum absolute atomic E-state index is 0.0670. The minimum atomic E-state index is -4.09. The lowest BCUT2D eigenvalue weighted by Gasteiger charge is -2.12. The van der Waals surface area contributed by atoms with Crippen LogP contribution in [0.3, 0.4) is 0 Å². The number of nitrogens with one attached hydrogen (secondary N) is 4. The van der Waals surface area contributed by atoms with E-state index in [9.17, 15) is 8.42 Å². The Hall–Kier alpha value is -4.32. The number of hydrogen-bond acceptors (Lipinski definition) is 8. The van der Waals surface area contributed by atoms with E-state index in [2.05, 4.69) is 25.1 Å². The van der Waals surface area contributed by atoms with Gasteiger partial charge in [-0.3, -0.25) is 18.8 Å². The van der Waals surface area contributed by atoms with Gasteiger partial charge in [0.15, 0.2) is 5.03 Å². The van der Waals surface area contributed by atoms with Gasteiger partial charge in [-0.25, -0.2) is 4.98 Å². The van der Waals surface area contributed by atoms with Crippen LogP contribution in [0.15, 0.2) is 60.4 Å². The van der Waals surface area contributed by atoms with Gasteiger partial charge in [0, 0.05) is 73.6 Å². The molecule has 4 heterocycles. The molecular formula is C21H21N9O2S. The SMILES string of the molecule is CN/C=C(\C=N)c1cnc(C=N)c(NS(=O)(=O)c2cnc3ccc(-c4cnn(C)c4)cn23)c1. The summed E-state index contributed by atoms with van der Waals surface area (Å²) in [6.45, 7) is 0. The summed E-state index contributed by atoms with van der Waals surface area (Å²) in [4.78, 5) is 8.37. The van der Waals surface area contributed by atoms with Crippen molar-refractivity contribution in [2.45, 2.75) is 5.03 Å². The van der Waals surface area contributed by atoms with Gasteiger partial charge in [0.25, 0.3) is 10.0 Å². The lowest BCUT2D eigenvalue weighted by Crippen LogP contribution is -2.17. The molecule has 11 nitrogen and oxygen atoms in total. The van der Waals surface area contributed by atoms with Gasteiger partial charge in [0.05, 0.1) is 18.1 Å². The van der Waals surface area contributed by atoms with E-state index in [-0.39, 0.29) is 16.4 Å². The molecule has 4 N–H and O–H groups in total. The Kier molecular flexibility index (Phi) is 5.75. The van der Waals surface area contributed by atoms with Crippen LogP contribution < -0.4 is 10.0 Å². The number of nitrogens with zero attached hydrogens (tertiary/aromatic N) is 5. The summed E-state index contributed by atoms with van der Waals surface area (Å²) in [6.07, 6.45) is 11.6. The zero-order chi connectivity index (χ0) is 23.6. The zero-order valence-electron chi connectivity index (χ0n) is 17.8. The zero-order valence-corrected chi connectivity index (χ0v) is 18.6. The highest BCUT2D eigenvalue weighted by Gasteiger charge is 2.22. The highest BCUT2D eigenvalue weighted by molar-refractivity contribution is 7.92. The number of allylic oxidation sites excluding steroid dienone is 1. The first-order chi connectivity index (χ1) is 15.9. The van der Waals surface area contributed by atoms with Crippen molar-refractivity contribution in [1.29, 1.82) is 10.8 Å². The molecule has 12 heteroatoms. The van der Waals surface area contributed by atoms with Crippen LogP contribution in [0.1, 0.15) is 11.3 Å². The Labute approximate surface area is 189 Å². The number of sulfonamides is 1. The van der Waals surface area contributed by atoms with Gasteiger partial charge >= 0.3 is 0 Å². The van der Waals surface area contributed by atoms with E-state index in [4.69, 9.17) is 10.8 Å². The van der Waals surface area contributed by atoms with Crippen molar-refractivity contribution in [1.82, 2.24) is 29.5 Å². The lowest BCUT2D eigenvalue weighted by atomic mass is 10.1. The molecule has 0 saturated carbocycles. The summed E-state index contributed by atoms with van der Waals surface area (Å²) in [6, 6.07) is 5.10. The van der Waals surface area contributed by atoms with Crippen LogP contribution in [0.2, 0.25) is 0 Å². The maximum absolute atomic E-state index is 13.3. The molecule has 0 aliphatic carbocycles. The molecule has 4 aromatic heterocycles. The van der Waals surface area contributed by atoms with E-state index in [0.29, 0.717) is 16.8 Å². The van der Waals surface area contributed by atoms with E-state index in [1.54, 1.807) is 43.4 Å². The highest BCUT2D eigenvalue weighted by atomic mass is 32.2. The minimum Gasteiger partial charge on any atom is -0.393 e. The largest absolute Gasteiger partial charge is 0.393 e. The molecule has 0 radical (unpaired) electrons. The maximum atomic E-state index is 13.3. The highest BCUT2D eigenvalue weighted by Crippen LogP contribution is 2.25. The fraction of sp³-hybridized carbons (Fsp3) is 0.0952. The second-order valence-electron chi connectivity index (χ2n) is 7.08. The molecule has 0 atom stereocenters. The van der Waals surface area contributed by atoms with Gasteiger partial charge in [-0.2, -0.15) is 13.5 Å². The third-order valence-corrected chi connectivity index (χ3v) is 6.21. The second-order valence-corrected chi connectivity index (χ2v) is 8.71. The monoisotopic (exact) mass is 463 g/mol. The Morgan fingerprint density at radius 1 is 1.09 bits per heavy atom. The van der Waals surface area contributed by atoms with Gasteiger partial charge in [-0.05, 0) is 18.2 Å². The predicted molar refractivity (Wildman–Crippen MR) is 126 cm³/mol. The van der Waals surface area contributed by atoms with Crippen LogP contribution in [0.5, 0.6) is 0 Å². The Balaban J connectivity index is 1.77. The third-order valence-electron chi connectivity index (χ3n) is 4.87. The van der Waals surface area contributed by atoms with Crippen LogP contribution in [-0.2, 0) is 17.1 Å². The molecule has 0 aromatic carbocycles. The normalized spacial score (nSPS) is 12.0. The molecule has 0 spiro atoms. The lowest BCUT2D eigenvalue weighted by molar-refractivity contribution is 0.596. The molecule has 4 rings (SSSR count). The number of rotatable bonds is 8. The van der Waals surface area contributed by atoms with Crippen molar-refractivity contribution in [2.75, 3.05) is 11.8 Å². The smallest absolute Gasteiger partial charge is 0.279 e. The van der Waals surface area contributed by atoms with Crippen molar-refractivity contribution in [3.05, 3.63) is 66.6 Å². The Bertz CT molecular complexity index is 1500. The fourth-order valence-electron chi connectivity index (χ4n) is 3.29. The van der Waals surface area contributed by atoms with Crippen LogP contribution in [-0.4, -0.2) is 52.0 Å². The molecule has 4 aromatic rings. The van der Waals surface area contributed by atoms with Gasteiger partial charge in [-0.1, -0.05) is 0 Å². The average molecular weight is 464 g/mol. The molecule has 0 bridgehead atoms. The standard InChI is InChI=1S/C21H21N9O2S/c1-24-8-16(6-22)15-5-18(19(7-23)25-9-15)28-33(31,32)21-11-26-20-4-3-14(13-30(20)21)17-10-27-29(2)12-17/h3-13,22-24,28H,1-2H3/b16-8+,22-6?,23-7?. The number of fused-ring (bicyclic) bond motifs is 1. The van der Waals surface area contributed by atoms with E-state index in [0.717, 1.165) is 23.6 Å². The first-order valence-electron chi connectivity index (χ1n) is 9.74. The molecule has 0 amide bonds. The van der Waals surface area contributed by atoms with Gasteiger partial charge in [0.2, 0.25) is 0 Å². The maximum Gasteiger partial charge on any atom is 0.279 e. The van der Waals surface area contributed by atoms with Crippen LogP contribution in [0.4, 0.5) is 5.69 Å². The molecule has 168 valence electrons. The fourth-order valence-corrected chi connectivity index (χ4v) is 4.44. The van der Waals surface area contributed by atoms with Crippen LogP contribution >= 0.6 is 0 Å². The van der Waals surface area contributed by atoms with Crippen LogP contribution in [0.25, 0.3) is 22.3 Å². The summed E-state index contributed by atoms with van der Waals surface area (Å²) >= 11 is 0. The van der Waals surface area contributed by atoms with Crippen molar-refractivity contribution < 1.29 is 8.42 Å². The molecule has 0 fully saturated rings. The number of anilines is 1. The molecule has 0 aliphatic rings. The third kappa shape index (κ3) is 4.23. The molecule has 0 saturated heterocycles. The van der Waals surface area contributed by atoms with Crippen LogP contribution in [0, 0.1) is 10.8 Å². The van der Waals surface area contributed by atoms with E-state index >= 15 is 0 Å². The number of pyridine rings is 2. The molecule has 0 unspecified atom stereocenters. The van der Waals surface area contributed by atoms with Gasteiger partial charge in [-0.15, -0.1) is 0 Å². The Morgan fingerprint density at radius 2 is 1.91 bits per heavy atom. The quantitative estimate of drug-likeness (QED) is 0.294. The molecule has 33 heavy (non-hydrogen) atoms. The van der Waals surface area contributed by atoms with Gasteiger partial charge < -0.3 is 16.1 Å². The summed E-state index contributed by atoms with van der Waals surface area (Å²) < 4.78 is 32.3. The average Bonchev–Trinajstić information content (AvgIpc) is 3.43. The van der Waals surface area contributed by atoms with Crippen molar-refractivity contribution in [2.24, 2.45) is 7.05 Å². The molecular weight excluding hydrogens is 442 g/mol. The van der Waals surface area contributed by atoms with Crippen molar-refractivity contribution >= 4 is 39.4 Å². The van der Waals surface area contributed by atoms with Gasteiger partial charge in [0.1, 0.15) is 11.3 Å². The number of aromatic nitrogens is 5. The summed E-state index contributed by atoms with van der Waals surface area (Å²) in [5, 5.41) is 22.1. The summed E-state index contributed by atoms with van der Waals surface area (Å²) in [7, 11) is -0.595. The van der Waals surface area contributed by atoms with E-state index in [1.165, 1.54) is 22.9 Å². The number of imidazole rings is 1. The predicted octanol–water partition coefficient (Wildman–Crippen LogP) is 2.14. The van der Waals surface area contributed by atoms with E-state index < -0.39 is 10.0 Å². The first kappa shape index (κ1) is 21.9. The summed E-state index contributed by atoms with van der Waals surface area (Å²) in [5.41, 5.74) is 3.35. The van der Waals surface area contributed by atoms with E-state index in [1.807, 2.05) is 12.3 Å². The first-order valence-corrected chi connectivity index (χ1v) is 11.2. The second kappa shape index (κ2) is 8.67. The topological polar surface area (TPSA) is 154 Å².